The number of carbonyl (C=O) groups excluding carboxylic acids is 1. The molecule has 0 saturated heterocycles. The van der Waals surface area contributed by atoms with Gasteiger partial charge in [-0.1, -0.05) is 36.4 Å². The minimum absolute atomic E-state index is 0.0650. The molecule has 3 rings (SSSR count). The van der Waals surface area contributed by atoms with E-state index in [-0.39, 0.29) is 5.57 Å². The van der Waals surface area contributed by atoms with E-state index in [9.17, 15) is 9.59 Å². The molecule has 2 aromatic carbocycles. The molecule has 0 fully saturated rings. The molecular formula is C20H15NO3S. The molecule has 0 radical (unpaired) electrons. The van der Waals surface area contributed by atoms with Crippen molar-refractivity contribution in [3.8, 4) is 0 Å². The van der Waals surface area contributed by atoms with Crippen molar-refractivity contribution in [3.05, 3.63) is 71.9 Å². The Balaban J connectivity index is 2.11. The van der Waals surface area contributed by atoms with Gasteiger partial charge in [-0.05, 0) is 42.2 Å². The smallest absolute Gasteiger partial charge is 0.377 e. The SMILES string of the molecule is CSc1ccc(/C=C(/C(=O)C(=O)O)c2ccc3ccccc3n2)cc1. The molecule has 0 atom stereocenters. The Morgan fingerprint density at radius 3 is 2.40 bits per heavy atom. The average Bonchev–Trinajstić information content (AvgIpc) is 2.65. The van der Waals surface area contributed by atoms with Crippen LogP contribution in [-0.4, -0.2) is 28.1 Å². The van der Waals surface area contributed by atoms with Crippen LogP contribution in [0.1, 0.15) is 11.3 Å². The van der Waals surface area contributed by atoms with Crippen LogP contribution in [0.5, 0.6) is 0 Å². The Kier molecular flexibility index (Phi) is 4.95. The Labute approximate surface area is 149 Å². The van der Waals surface area contributed by atoms with Crippen LogP contribution in [0.3, 0.4) is 0 Å². The number of para-hydroxylation sites is 1. The zero-order chi connectivity index (χ0) is 17.8. The summed E-state index contributed by atoms with van der Waals surface area (Å²) in [7, 11) is 0. The van der Waals surface area contributed by atoms with Gasteiger partial charge in [-0.3, -0.25) is 4.79 Å². The molecule has 0 aliphatic heterocycles. The van der Waals surface area contributed by atoms with Crippen LogP contribution in [0, 0.1) is 0 Å². The van der Waals surface area contributed by atoms with Crippen molar-refractivity contribution in [2.24, 2.45) is 0 Å². The van der Waals surface area contributed by atoms with E-state index in [1.807, 2.05) is 60.9 Å². The first kappa shape index (κ1) is 16.9. The second-order valence-corrected chi connectivity index (χ2v) is 6.23. The molecule has 25 heavy (non-hydrogen) atoms. The van der Waals surface area contributed by atoms with Gasteiger partial charge in [0.05, 0.1) is 16.8 Å². The molecule has 124 valence electrons. The number of aliphatic carboxylic acids is 1. The maximum absolute atomic E-state index is 12.2. The van der Waals surface area contributed by atoms with Crippen molar-refractivity contribution >= 4 is 46.1 Å². The second kappa shape index (κ2) is 7.32. The number of Topliss-reactive ketones (excluding diaryl/α,β-unsaturated/α-hetero) is 1. The van der Waals surface area contributed by atoms with Crippen LogP contribution in [0.25, 0.3) is 22.6 Å². The van der Waals surface area contributed by atoms with Crippen molar-refractivity contribution < 1.29 is 14.7 Å². The standard InChI is InChI=1S/C20H15NO3S/c1-25-15-9-6-13(7-10-15)12-16(19(22)20(23)24)18-11-8-14-4-2-3-5-17(14)21-18/h2-12H,1H3,(H,23,24)/b16-12+. The number of nitrogens with zero attached hydrogens (tertiary/aromatic N) is 1. The van der Waals surface area contributed by atoms with E-state index in [0.717, 1.165) is 15.8 Å². The molecule has 0 amide bonds. The first-order valence-electron chi connectivity index (χ1n) is 7.58. The number of thioether (sulfide) groups is 1. The van der Waals surface area contributed by atoms with Crippen molar-refractivity contribution in [2.75, 3.05) is 6.26 Å². The highest BCUT2D eigenvalue weighted by Gasteiger charge is 2.21. The summed E-state index contributed by atoms with van der Waals surface area (Å²) in [5.74, 6) is -2.47. The maximum Gasteiger partial charge on any atom is 0.377 e. The normalized spacial score (nSPS) is 11.5. The van der Waals surface area contributed by atoms with Crippen molar-refractivity contribution in [1.29, 1.82) is 0 Å². The Bertz CT molecular complexity index is 978. The van der Waals surface area contributed by atoms with E-state index in [4.69, 9.17) is 5.11 Å². The number of carbonyl (C=O) groups is 2. The number of carboxylic acid groups (broad SMARTS) is 1. The number of ketones is 1. The van der Waals surface area contributed by atoms with Crippen LogP contribution in [0.2, 0.25) is 0 Å². The first-order valence-corrected chi connectivity index (χ1v) is 8.80. The topological polar surface area (TPSA) is 67.3 Å². The fourth-order valence-electron chi connectivity index (χ4n) is 2.45. The number of fused-ring (bicyclic) bond motifs is 1. The predicted molar refractivity (Wildman–Crippen MR) is 100 cm³/mol. The van der Waals surface area contributed by atoms with Gasteiger partial charge >= 0.3 is 5.97 Å². The number of pyridine rings is 1. The van der Waals surface area contributed by atoms with Gasteiger partial charge in [0.25, 0.3) is 5.78 Å². The molecule has 3 aromatic rings. The Morgan fingerprint density at radius 2 is 1.72 bits per heavy atom. The maximum atomic E-state index is 12.2. The lowest BCUT2D eigenvalue weighted by atomic mass is 10.0. The molecule has 0 spiro atoms. The Morgan fingerprint density at radius 1 is 1.00 bits per heavy atom. The van der Waals surface area contributed by atoms with Crippen LogP contribution < -0.4 is 0 Å². The molecule has 1 aromatic heterocycles. The monoisotopic (exact) mass is 349 g/mol. The molecule has 5 heteroatoms. The summed E-state index contributed by atoms with van der Waals surface area (Å²) in [6, 6.07) is 18.5. The number of hydrogen-bond donors (Lipinski definition) is 1. The third kappa shape index (κ3) is 3.78. The minimum atomic E-state index is -1.50. The number of aromatic nitrogens is 1. The zero-order valence-corrected chi connectivity index (χ0v) is 14.3. The van der Waals surface area contributed by atoms with Gasteiger partial charge in [0.2, 0.25) is 0 Å². The fourth-order valence-corrected chi connectivity index (χ4v) is 2.86. The number of carboxylic acids is 1. The third-order valence-corrected chi connectivity index (χ3v) is 4.48. The summed E-state index contributed by atoms with van der Waals surface area (Å²) < 4.78 is 0. The van der Waals surface area contributed by atoms with Crippen LogP contribution in [0.15, 0.2) is 65.6 Å². The van der Waals surface area contributed by atoms with E-state index in [0.29, 0.717) is 11.2 Å². The third-order valence-electron chi connectivity index (χ3n) is 3.74. The van der Waals surface area contributed by atoms with Gasteiger partial charge in [-0.25, -0.2) is 9.78 Å². The lowest BCUT2D eigenvalue weighted by molar-refractivity contribution is -0.146. The molecule has 0 saturated carbocycles. The van der Waals surface area contributed by atoms with E-state index >= 15 is 0 Å². The van der Waals surface area contributed by atoms with Crippen LogP contribution in [-0.2, 0) is 9.59 Å². The van der Waals surface area contributed by atoms with Crippen LogP contribution >= 0.6 is 11.8 Å². The highest BCUT2D eigenvalue weighted by Crippen LogP contribution is 2.22. The summed E-state index contributed by atoms with van der Waals surface area (Å²) in [6.07, 6.45) is 3.54. The lowest BCUT2D eigenvalue weighted by Crippen LogP contribution is -2.15. The van der Waals surface area contributed by atoms with Gasteiger partial charge in [0.1, 0.15) is 0 Å². The molecule has 0 aliphatic rings. The number of rotatable bonds is 5. The van der Waals surface area contributed by atoms with Gasteiger partial charge in [-0.15, -0.1) is 11.8 Å². The van der Waals surface area contributed by atoms with Gasteiger partial charge < -0.3 is 5.11 Å². The quantitative estimate of drug-likeness (QED) is 0.426. The number of hydrogen-bond acceptors (Lipinski definition) is 4. The predicted octanol–water partition coefficient (Wildman–Crippen LogP) is 4.15. The van der Waals surface area contributed by atoms with E-state index < -0.39 is 11.8 Å². The molecule has 1 heterocycles. The average molecular weight is 349 g/mol. The summed E-state index contributed by atoms with van der Waals surface area (Å²) in [6.45, 7) is 0. The molecule has 0 unspecified atom stereocenters. The Hall–Kier alpha value is -2.92. The largest absolute Gasteiger partial charge is 0.475 e. The van der Waals surface area contributed by atoms with Gasteiger partial charge in [-0.2, -0.15) is 0 Å². The molecule has 0 aliphatic carbocycles. The zero-order valence-electron chi connectivity index (χ0n) is 13.5. The molecule has 1 N–H and O–H groups in total. The number of benzene rings is 2. The summed E-state index contributed by atoms with van der Waals surface area (Å²) in [5, 5.41) is 10.1. The molecular weight excluding hydrogens is 334 g/mol. The fraction of sp³-hybridized carbons (Fsp3) is 0.0500. The summed E-state index contributed by atoms with van der Waals surface area (Å²) in [5.41, 5.74) is 1.87. The van der Waals surface area contributed by atoms with E-state index in [2.05, 4.69) is 4.98 Å². The highest BCUT2D eigenvalue weighted by molar-refractivity contribution is 7.98. The summed E-state index contributed by atoms with van der Waals surface area (Å²) in [4.78, 5) is 29.0. The van der Waals surface area contributed by atoms with Gasteiger partial charge in [0, 0.05) is 10.3 Å². The first-order chi connectivity index (χ1) is 12.1. The second-order valence-electron chi connectivity index (χ2n) is 5.35. The van der Waals surface area contributed by atoms with Crippen molar-refractivity contribution in [2.45, 2.75) is 4.90 Å². The minimum Gasteiger partial charge on any atom is -0.475 e. The highest BCUT2D eigenvalue weighted by atomic mass is 32.2. The van der Waals surface area contributed by atoms with E-state index in [1.54, 1.807) is 23.9 Å². The van der Waals surface area contributed by atoms with Crippen LogP contribution in [0.4, 0.5) is 0 Å². The van der Waals surface area contributed by atoms with Crippen molar-refractivity contribution in [3.63, 3.8) is 0 Å². The van der Waals surface area contributed by atoms with Crippen molar-refractivity contribution in [1.82, 2.24) is 4.98 Å². The molecule has 4 nitrogen and oxygen atoms in total. The van der Waals surface area contributed by atoms with E-state index in [1.165, 1.54) is 0 Å². The van der Waals surface area contributed by atoms with Gasteiger partial charge in [0.15, 0.2) is 0 Å². The summed E-state index contributed by atoms with van der Waals surface area (Å²) >= 11 is 1.61. The lowest BCUT2D eigenvalue weighted by Gasteiger charge is -2.06. The molecule has 0 bridgehead atoms.